The molecule has 2 rings (SSSR count). The summed E-state index contributed by atoms with van der Waals surface area (Å²) in [5, 5.41) is 0. The molecule has 1 fully saturated rings. The largest absolute Gasteiger partial charge is 0.398 e. The molecular formula is C15H24N2O2S. The molecule has 0 aromatic heterocycles. The molecule has 1 aromatic rings. The highest BCUT2D eigenvalue weighted by Gasteiger charge is 2.37. The Balaban J connectivity index is 2.48. The number of aryl methyl sites for hydroxylation is 2. The molecule has 0 spiro atoms. The van der Waals surface area contributed by atoms with Crippen molar-refractivity contribution < 1.29 is 8.42 Å². The van der Waals surface area contributed by atoms with Crippen molar-refractivity contribution in [3.8, 4) is 0 Å². The lowest BCUT2D eigenvalue weighted by Crippen LogP contribution is -2.38. The van der Waals surface area contributed by atoms with E-state index in [0.29, 0.717) is 18.2 Å². The van der Waals surface area contributed by atoms with Crippen molar-refractivity contribution in [3.05, 3.63) is 23.3 Å². The van der Waals surface area contributed by atoms with E-state index in [1.807, 2.05) is 13.8 Å². The van der Waals surface area contributed by atoms with Gasteiger partial charge in [-0.15, -0.1) is 0 Å². The second-order valence-corrected chi connectivity index (χ2v) is 7.90. The third kappa shape index (κ3) is 2.56. The number of nitrogens with two attached hydrogens (primary N) is 1. The second kappa shape index (κ2) is 5.37. The van der Waals surface area contributed by atoms with Crippen LogP contribution in [0.5, 0.6) is 0 Å². The molecule has 20 heavy (non-hydrogen) atoms. The third-order valence-corrected chi connectivity index (χ3v) is 6.21. The van der Waals surface area contributed by atoms with Gasteiger partial charge in [-0.25, -0.2) is 8.42 Å². The number of nitrogen functional groups attached to an aromatic ring is 1. The van der Waals surface area contributed by atoms with E-state index in [-0.39, 0.29) is 10.9 Å². The van der Waals surface area contributed by atoms with Crippen LogP contribution in [0.1, 0.15) is 37.8 Å². The van der Waals surface area contributed by atoms with Crippen molar-refractivity contribution in [2.75, 3.05) is 12.3 Å². The summed E-state index contributed by atoms with van der Waals surface area (Å²) in [5.41, 5.74) is 8.28. The summed E-state index contributed by atoms with van der Waals surface area (Å²) in [4.78, 5) is 0.258. The minimum Gasteiger partial charge on any atom is -0.398 e. The van der Waals surface area contributed by atoms with E-state index < -0.39 is 10.0 Å². The Morgan fingerprint density at radius 3 is 2.45 bits per heavy atom. The summed E-state index contributed by atoms with van der Waals surface area (Å²) >= 11 is 0. The van der Waals surface area contributed by atoms with Crippen molar-refractivity contribution in [2.24, 2.45) is 5.92 Å². The van der Waals surface area contributed by atoms with E-state index in [2.05, 4.69) is 13.8 Å². The minimum absolute atomic E-state index is 0.0843. The summed E-state index contributed by atoms with van der Waals surface area (Å²) in [6.07, 6.45) is 1.86. The molecule has 1 heterocycles. The Morgan fingerprint density at radius 2 is 1.85 bits per heavy atom. The van der Waals surface area contributed by atoms with Gasteiger partial charge in [-0.3, -0.25) is 0 Å². The molecule has 1 aliphatic rings. The van der Waals surface area contributed by atoms with Crippen molar-refractivity contribution in [3.63, 3.8) is 0 Å². The molecule has 1 aliphatic heterocycles. The Bertz CT molecular complexity index is 609. The highest BCUT2D eigenvalue weighted by Crippen LogP contribution is 2.33. The molecule has 1 saturated heterocycles. The maximum absolute atomic E-state index is 12.9. The fourth-order valence-electron chi connectivity index (χ4n) is 2.89. The smallest absolute Gasteiger partial charge is 0.245 e. The Labute approximate surface area is 122 Å². The number of nitrogens with zero attached hydrogens (tertiary/aromatic N) is 1. The van der Waals surface area contributed by atoms with E-state index >= 15 is 0 Å². The van der Waals surface area contributed by atoms with Gasteiger partial charge in [0, 0.05) is 12.6 Å². The van der Waals surface area contributed by atoms with Crippen LogP contribution in [0.4, 0.5) is 5.69 Å². The van der Waals surface area contributed by atoms with Gasteiger partial charge in [-0.05, 0) is 55.9 Å². The molecule has 112 valence electrons. The van der Waals surface area contributed by atoms with E-state index in [4.69, 9.17) is 5.73 Å². The maximum Gasteiger partial charge on any atom is 0.245 e. The van der Waals surface area contributed by atoms with Gasteiger partial charge >= 0.3 is 0 Å². The number of benzene rings is 1. The Morgan fingerprint density at radius 1 is 1.25 bits per heavy atom. The van der Waals surface area contributed by atoms with Crippen LogP contribution in [0.2, 0.25) is 0 Å². The van der Waals surface area contributed by atoms with Crippen molar-refractivity contribution in [1.29, 1.82) is 0 Å². The lowest BCUT2D eigenvalue weighted by atomic mass is 10.0. The van der Waals surface area contributed by atoms with Crippen molar-refractivity contribution in [1.82, 2.24) is 4.31 Å². The fourth-order valence-corrected chi connectivity index (χ4v) is 4.90. The molecule has 1 unspecified atom stereocenters. The number of hydrogen-bond donors (Lipinski definition) is 1. The Hall–Kier alpha value is -1.07. The van der Waals surface area contributed by atoms with Crippen molar-refractivity contribution in [2.45, 2.75) is 51.5 Å². The molecule has 0 radical (unpaired) electrons. The first-order valence-corrected chi connectivity index (χ1v) is 8.57. The molecule has 0 bridgehead atoms. The van der Waals surface area contributed by atoms with Gasteiger partial charge in [-0.2, -0.15) is 4.31 Å². The molecule has 0 aliphatic carbocycles. The van der Waals surface area contributed by atoms with Gasteiger partial charge in [0.25, 0.3) is 0 Å². The topological polar surface area (TPSA) is 63.4 Å². The predicted octanol–water partition coefficient (Wildman–Crippen LogP) is 2.69. The summed E-state index contributed by atoms with van der Waals surface area (Å²) in [6.45, 7) is 8.59. The monoisotopic (exact) mass is 296 g/mol. The van der Waals surface area contributed by atoms with Crippen LogP contribution in [0.15, 0.2) is 17.0 Å². The van der Waals surface area contributed by atoms with Gasteiger partial charge in [0.2, 0.25) is 10.0 Å². The average molecular weight is 296 g/mol. The SMILES string of the molecule is Cc1cc(N)c(S(=O)(=O)N2CCCC2C(C)C)cc1C. The molecule has 0 amide bonds. The fraction of sp³-hybridized carbons (Fsp3) is 0.600. The lowest BCUT2D eigenvalue weighted by molar-refractivity contribution is 0.316. The van der Waals surface area contributed by atoms with Gasteiger partial charge in [0.05, 0.1) is 5.69 Å². The van der Waals surface area contributed by atoms with Crippen LogP contribution in [-0.4, -0.2) is 25.3 Å². The quantitative estimate of drug-likeness (QED) is 0.872. The van der Waals surface area contributed by atoms with E-state index in [1.165, 1.54) is 0 Å². The highest BCUT2D eigenvalue weighted by atomic mass is 32.2. The zero-order valence-corrected chi connectivity index (χ0v) is 13.5. The predicted molar refractivity (Wildman–Crippen MR) is 82.1 cm³/mol. The molecule has 5 heteroatoms. The lowest BCUT2D eigenvalue weighted by Gasteiger charge is -2.27. The van der Waals surface area contributed by atoms with E-state index in [9.17, 15) is 8.42 Å². The zero-order chi connectivity index (χ0) is 15.1. The second-order valence-electron chi connectivity index (χ2n) is 6.04. The first kappa shape index (κ1) is 15.3. The molecule has 0 saturated carbocycles. The summed E-state index contributed by atoms with van der Waals surface area (Å²) in [5.74, 6) is 0.319. The van der Waals surface area contributed by atoms with Crippen LogP contribution in [0.25, 0.3) is 0 Å². The van der Waals surface area contributed by atoms with Gasteiger partial charge in [0.15, 0.2) is 0 Å². The summed E-state index contributed by atoms with van der Waals surface area (Å²) in [6, 6.07) is 3.54. The standard InChI is InChI=1S/C15H24N2O2S/c1-10(2)14-6-5-7-17(14)20(18,19)15-9-12(4)11(3)8-13(15)16/h8-10,14H,5-7,16H2,1-4H3. The molecular weight excluding hydrogens is 272 g/mol. The molecule has 2 N–H and O–H groups in total. The van der Waals surface area contributed by atoms with Crippen LogP contribution < -0.4 is 5.73 Å². The molecule has 1 atom stereocenters. The maximum atomic E-state index is 12.9. The first-order valence-electron chi connectivity index (χ1n) is 7.13. The number of sulfonamides is 1. The highest BCUT2D eigenvalue weighted by molar-refractivity contribution is 7.89. The normalized spacial score (nSPS) is 20.8. The van der Waals surface area contributed by atoms with Gasteiger partial charge in [0.1, 0.15) is 4.90 Å². The van der Waals surface area contributed by atoms with E-state index in [1.54, 1.807) is 16.4 Å². The van der Waals surface area contributed by atoms with Gasteiger partial charge < -0.3 is 5.73 Å². The number of rotatable bonds is 3. The zero-order valence-electron chi connectivity index (χ0n) is 12.7. The summed E-state index contributed by atoms with van der Waals surface area (Å²) < 4.78 is 27.4. The van der Waals surface area contributed by atoms with Crippen LogP contribution >= 0.6 is 0 Å². The molecule has 4 nitrogen and oxygen atoms in total. The number of hydrogen-bond acceptors (Lipinski definition) is 3. The minimum atomic E-state index is -3.49. The first-order chi connectivity index (χ1) is 9.25. The van der Waals surface area contributed by atoms with Crippen LogP contribution in [-0.2, 0) is 10.0 Å². The van der Waals surface area contributed by atoms with Crippen LogP contribution in [0, 0.1) is 19.8 Å². The average Bonchev–Trinajstić information content (AvgIpc) is 2.83. The van der Waals surface area contributed by atoms with E-state index in [0.717, 1.165) is 24.0 Å². The summed E-state index contributed by atoms with van der Waals surface area (Å²) in [7, 11) is -3.49. The van der Waals surface area contributed by atoms with Crippen LogP contribution in [0.3, 0.4) is 0 Å². The molecule has 1 aromatic carbocycles. The van der Waals surface area contributed by atoms with Crippen molar-refractivity contribution >= 4 is 15.7 Å². The third-order valence-electron chi connectivity index (χ3n) is 4.23. The Kier molecular flexibility index (Phi) is 4.12. The van der Waals surface area contributed by atoms with Gasteiger partial charge in [-0.1, -0.05) is 13.8 Å². The number of anilines is 1.